The number of carbonyl (C=O) groups is 1. The van der Waals surface area contributed by atoms with Crippen LogP contribution < -0.4 is 0 Å². The first-order chi connectivity index (χ1) is 9.82. The van der Waals surface area contributed by atoms with E-state index < -0.39 is 23.6 Å². The number of alkyl halides is 3. The number of aromatic nitrogens is 2. The van der Waals surface area contributed by atoms with Crippen LogP contribution in [0.15, 0.2) is 27.1 Å². The zero-order chi connectivity index (χ0) is 15.6. The van der Waals surface area contributed by atoms with Crippen molar-refractivity contribution in [1.82, 2.24) is 10.2 Å². The summed E-state index contributed by atoms with van der Waals surface area (Å²) in [6.45, 7) is 1.71. The normalized spacial score (nSPS) is 11.5. The molecule has 0 aliphatic rings. The molecule has 9 heteroatoms. The molecule has 2 aromatic rings. The molecule has 0 bridgehead atoms. The Morgan fingerprint density at radius 1 is 1.38 bits per heavy atom. The number of halogens is 4. The van der Waals surface area contributed by atoms with E-state index >= 15 is 0 Å². The maximum atomic E-state index is 12.7. The molecule has 0 N–H and O–H groups in total. The van der Waals surface area contributed by atoms with Gasteiger partial charge in [0.05, 0.1) is 17.7 Å². The van der Waals surface area contributed by atoms with Gasteiger partial charge >= 0.3 is 18.0 Å². The molecular formula is C12H8BrF3N2O3. The van der Waals surface area contributed by atoms with Crippen LogP contribution in [0.2, 0.25) is 0 Å². The van der Waals surface area contributed by atoms with Gasteiger partial charge in [0, 0.05) is 4.47 Å². The number of esters is 1. The zero-order valence-electron chi connectivity index (χ0n) is 10.6. The summed E-state index contributed by atoms with van der Waals surface area (Å²) in [7, 11) is 0. The van der Waals surface area contributed by atoms with E-state index in [4.69, 9.17) is 4.42 Å². The fraction of sp³-hybridized carbons (Fsp3) is 0.250. The van der Waals surface area contributed by atoms with Crippen molar-refractivity contribution in [3.8, 4) is 11.5 Å². The molecule has 0 saturated carbocycles. The minimum absolute atomic E-state index is 0.0351. The molecule has 0 radical (unpaired) electrons. The maximum Gasteiger partial charge on any atom is 0.416 e. The van der Waals surface area contributed by atoms with Gasteiger partial charge < -0.3 is 9.15 Å². The molecular weight excluding hydrogens is 357 g/mol. The molecule has 0 saturated heterocycles. The van der Waals surface area contributed by atoms with Crippen molar-refractivity contribution in [2.75, 3.05) is 6.61 Å². The molecule has 0 aliphatic carbocycles. The third kappa shape index (κ3) is 3.41. The number of hydrogen-bond donors (Lipinski definition) is 0. The van der Waals surface area contributed by atoms with E-state index in [1.807, 2.05) is 0 Å². The zero-order valence-corrected chi connectivity index (χ0v) is 12.2. The lowest BCUT2D eigenvalue weighted by atomic mass is 10.1. The lowest BCUT2D eigenvalue weighted by molar-refractivity contribution is -0.137. The van der Waals surface area contributed by atoms with E-state index in [-0.39, 0.29) is 18.1 Å². The van der Waals surface area contributed by atoms with Crippen LogP contribution in [-0.2, 0) is 10.9 Å². The number of benzene rings is 1. The minimum Gasteiger partial charge on any atom is -0.459 e. The van der Waals surface area contributed by atoms with Crippen molar-refractivity contribution in [2.24, 2.45) is 0 Å². The van der Waals surface area contributed by atoms with Crippen LogP contribution in [0.5, 0.6) is 0 Å². The predicted molar refractivity (Wildman–Crippen MR) is 68.4 cm³/mol. The molecule has 21 heavy (non-hydrogen) atoms. The molecule has 112 valence electrons. The van der Waals surface area contributed by atoms with Crippen molar-refractivity contribution < 1.29 is 27.1 Å². The Morgan fingerprint density at radius 2 is 2.10 bits per heavy atom. The summed E-state index contributed by atoms with van der Waals surface area (Å²) in [6.07, 6.45) is -4.50. The van der Waals surface area contributed by atoms with Gasteiger partial charge in [-0.1, -0.05) is 0 Å². The van der Waals surface area contributed by atoms with Crippen molar-refractivity contribution in [1.29, 1.82) is 0 Å². The van der Waals surface area contributed by atoms with Gasteiger partial charge in [-0.3, -0.25) is 0 Å². The average molecular weight is 365 g/mol. The molecule has 0 unspecified atom stereocenters. The summed E-state index contributed by atoms with van der Waals surface area (Å²) in [5.41, 5.74) is -0.829. The van der Waals surface area contributed by atoms with E-state index in [0.29, 0.717) is 4.47 Å². The fourth-order valence-corrected chi connectivity index (χ4v) is 1.89. The van der Waals surface area contributed by atoms with Gasteiger partial charge in [0.25, 0.3) is 0 Å². The first-order valence-corrected chi connectivity index (χ1v) is 6.50. The van der Waals surface area contributed by atoms with E-state index in [9.17, 15) is 18.0 Å². The van der Waals surface area contributed by atoms with Crippen LogP contribution in [-0.4, -0.2) is 22.8 Å². The largest absolute Gasteiger partial charge is 0.459 e. The standard InChI is InChI=1S/C12H8BrF3N2O3/c1-2-20-11(19)10-18-17-9(21-10)7-5-6(12(14,15)16)3-4-8(7)13/h3-5H,2H2,1H3. The molecule has 1 aromatic heterocycles. The highest BCUT2D eigenvalue weighted by molar-refractivity contribution is 9.10. The van der Waals surface area contributed by atoms with Gasteiger partial charge in [0.2, 0.25) is 5.89 Å². The van der Waals surface area contributed by atoms with Gasteiger partial charge in [-0.2, -0.15) is 13.2 Å². The predicted octanol–water partition coefficient (Wildman–Crippen LogP) is 3.69. The first-order valence-electron chi connectivity index (χ1n) is 5.70. The molecule has 5 nitrogen and oxygen atoms in total. The number of ether oxygens (including phenoxy) is 1. The Bertz CT molecular complexity index is 670. The Kier molecular flexibility index (Phi) is 4.31. The molecule has 1 heterocycles. The van der Waals surface area contributed by atoms with Crippen LogP contribution in [0.3, 0.4) is 0 Å². The molecule has 0 spiro atoms. The summed E-state index contributed by atoms with van der Waals surface area (Å²) in [5.74, 6) is -1.47. The van der Waals surface area contributed by atoms with Crippen LogP contribution in [0, 0.1) is 0 Å². The van der Waals surface area contributed by atoms with Crippen LogP contribution in [0.4, 0.5) is 13.2 Å². The Hall–Kier alpha value is -1.90. The summed E-state index contributed by atoms with van der Waals surface area (Å²) in [6, 6.07) is 2.98. The van der Waals surface area contributed by atoms with E-state index in [0.717, 1.165) is 12.1 Å². The van der Waals surface area contributed by atoms with Crippen LogP contribution >= 0.6 is 15.9 Å². The second-order valence-electron chi connectivity index (χ2n) is 3.83. The summed E-state index contributed by atoms with van der Waals surface area (Å²) in [5, 5.41) is 7.01. The SMILES string of the molecule is CCOC(=O)c1nnc(-c2cc(C(F)(F)F)ccc2Br)o1. The van der Waals surface area contributed by atoms with E-state index in [1.54, 1.807) is 6.92 Å². The quantitative estimate of drug-likeness (QED) is 0.777. The second kappa shape index (κ2) is 5.84. The van der Waals surface area contributed by atoms with Gasteiger partial charge in [-0.25, -0.2) is 4.79 Å². The first kappa shape index (κ1) is 15.5. The van der Waals surface area contributed by atoms with Gasteiger partial charge in [0.15, 0.2) is 0 Å². The minimum atomic E-state index is -4.50. The lowest BCUT2D eigenvalue weighted by Crippen LogP contribution is -2.05. The Balaban J connectivity index is 2.40. The van der Waals surface area contributed by atoms with E-state index in [2.05, 4.69) is 30.9 Å². The third-order valence-electron chi connectivity index (χ3n) is 2.40. The smallest absolute Gasteiger partial charge is 0.416 e. The lowest BCUT2D eigenvalue weighted by Gasteiger charge is -2.08. The summed E-state index contributed by atoms with van der Waals surface area (Å²) < 4.78 is 48.1. The fourth-order valence-electron chi connectivity index (χ4n) is 1.47. The van der Waals surface area contributed by atoms with Gasteiger partial charge in [0.1, 0.15) is 0 Å². The van der Waals surface area contributed by atoms with Crippen molar-refractivity contribution in [3.63, 3.8) is 0 Å². The average Bonchev–Trinajstić information content (AvgIpc) is 2.87. The van der Waals surface area contributed by atoms with Crippen LogP contribution in [0.1, 0.15) is 23.2 Å². The van der Waals surface area contributed by atoms with Crippen molar-refractivity contribution >= 4 is 21.9 Å². The van der Waals surface area contributed by atoms with Crippen LogP contribution in [0.25, 0.3) is 11.5 Å². The molecule has 1 aromatic carbocycles. The monoisotopic (exact) mass is 364 g/mol. The number of hydrogen-bond acceptors (Lipinski definition) is 5. The molecule has 0 atom stereocenters. The molecule has 2 rings (SSSR count). The second-order valence-corrected chi connectivity index (χ2v) is 4.68. The molecule has 0 aliphatic heterocycles. The van der Waals surface area contributed by atoms with Crippen molar-refractivity contribution in [3.05, 3.63) is 34.1 Å². The number of carbonyl (C=O) groups excluding carboxylic acids is 1. The summed E-state index contributed by atoms with van der Waals surface area (Å²) in [4.78, 5) is 11.4. The summed E-state index contributed by atoms with van der Waals surface area (Å²) >= 11 is 3.10. The topological polar surface area (TPSA) is 65.2 Å². The van der Waals surface area contributed by atoms with Gasteiger partial charge in [-0.05, 0) is 41.1 Å². The number of nitrogens with zero attached hydrogens (tertiary/aromatic N) is 2. The maximum absolute atomic E-state index is 12.7. The highest BCUT2D eigenvalue weighted by Crippen LogP contribution is 2.35. The highest BCUT2D eigenvalue weighted by Gasteiger charge is 2.31. The molecule has 0 fully saturated rings. The highest BCUT2D eigenvalue weighted by atomic mass is 79.9. The Labute approximate surface area is 125 Å². The van der Waals surface area contributed by atoms with Gasteiger partial charge in [-0.15, -0.1) is 10.2 Å². The molecule has 0 amide bonds. The van der Waals surface area contributed by atoms with E-state index in [1.165, 1.54) is 6.07 Å². The third-order valence-corrected chi connectivity index (χ3v) is 3.09. The Morgan fingerprint density at radius 3 is 2.71 bits per heavy atom. The van der Waals surface area contributed by atoms with Crippen molar-refractivity contribution in [2.45, 2.75) is 13.1 Å². The number of rotatable bonds is 3.